The number of aryl methyl sites for hydroxylation is 15. The number of rotatable bonds is 9. The van der Waals surface area contributed by atoms with Crippen LogP contribution in [0.4, 0.5) is 0 Å². The Balaban J connectivity index is 0.00000528. The second-order valence-electron chi connectivity index (χ2n) is 32.1. The van der Waals surface area contributed by atoms with E-state index in [1.807, 2.05) is 12.1 Å². The Bertz CT molecular complexity index is 6990. The maximum Gasteiger partial charge on any atom is 2.00 e. The summed E-state index contributed by atoms with van der Waals surface area (Å²) >= 11 is 1.22. The van der Waals surface area contributed by atoms with Crippen LogP contribution < -0.4 is 19.9 Å². The molecule has 0 aliphatic carbocycles. The predicted molar refractivity (Wildman–Crippen MR) is 491 cm³/mol. The fraction of sp³-hybridized carbons (Fsp3) is 0.150. The molecule has 0 saturated carbocycles. The molecule has 8 aromatic carbocycles. The Kier molecular flexibility index (Phi) is 21.8. The van der Waals surface area contributed by atoms with Crippen LogP contribution in [0.5, 0.6) is 0 Å². The Morgan fingerprint density at radius 2 is 0.420 bits per heavy atom. The quantitative estimate of drug-likeness (QED) is 0.0783. The van der Waals surface area contributed by atoms with E-state index in [0.717, 1.165) is 239 Å². The number of fused-ring (bicyclic) bond motifs is 16. The van der Waals surface area contributed by atoms with E-state index in [1.54, 1.807) is 6.92 Å². The number of carbonyl (C=O) groups is 1. The zero-order valence-corrected chi connectivity index (χ0v) is 77.0. The molecule has 0 atom stereocenters. The van der Waals surface area contributed by atoms with Crippen LogP contribution in [0.3, 0.4) is 0 Å². The molecule has 0 unspecified atom stereocenters. The van der Waals surface area contributed by atoms with Gasteiger partial charge in [-0.05, 0) is 334 Å². The fourth-order valence-electron chi connectivity index (χ4n) is 18.7. The number of benzene rings is 8. The first-order valence-corrected chi connectivity index (χ1v) is 40.8. The van der Waals surface area contributed by atoms with Gasteiger partial charge < -0.3 is 19.9 Å². The summed E-state index contributed by atoms with van der Waals surface area (Å²) in [6, 6.07) is 64.8. The summed E-state index contributed by atoms with van der Waals surface area (Å²) in [6.45, 7) is 34.3. The van der Waals surface area contributed by atoms with Crippen molar-refractivity contribution in [2.75, 3.05) is 0 Å². The van der Waals surface area contributed by atoms with Crippen LogP contribution in [0.2, 0.25) is 0 Å². The molecule has 119 heavy (non-hydrogen) atoms. The molecule has 0 spiro atoms. The van der Waals surface area contributed by atoms with Crippen molar-refractivity contribution < 1.29 is 43.8 Å². The van der Waals surface area contributed by atoms with Crippen molar-refractivity contribution in [1.82, 2.24) is 39.9 Å². The van der Waals surface area contributed by atoms with Gasteiger partial charge in [-0.1, -0.05) is 197 Å². The smallest absolute Gasteiger partial charge is 0.657 e. The molecule has 0 saturated heterocycles. The van der Waals surface area contributed by atoms with Crippen molar-refractivity contribution in [2.24, 2.45) is 0 Å². The number of hydrogen-bond donors (Lipinski definition) is 0. The minimum atomic E-state index is 0. The van der Waals surface area contributed by atoms with Crippen molar-refractivity contribution >= 4 is 110 Å². The zero-order chi connectivity index (χ0) is 81.1. The van der Waals surface area contributed by atoms with E-state index in [2.05, 4.69) is 334 Å². The normalized spacial score (nSPS) is 11.9. The molecule has 4 aliphatic rings. The van der Waals surface area contributed by atoms with E-state index >= 15 is 0 Å². The van der Waals surface area contributed by atoms with Gasteiger partial charge in [0.2, 0.25) is 0 Å². The molecule has 16 bridgehead atoms. The number of thioether (sulfide) groups is 1. The van der Waals surface area contributed by atoms with Gasteiger partial charge in [0, 0.05) is 22.9 Å². The molecular formula is C107H86N8OSZn2. The number of hydrogen-bond acceptors (Lipinski definition) is 6. The average molecular weight is 1660 g/mol. The van der Waals surface area contributed by atoms with Gasteiger partial charge in [-0.2, -0.15) is 0 Å². The van der Waals surface area contributed by atoms with Crippen LogP contribution in [0, 0.1) is 116 Å². The molecule has 0 fully saturated rings. The van der Waals surface area contributed by atoms with E-state index in [9.17, 15) is 4.79 Å². The van der Waals surface area contributed by atoms with E-state index in [1.165, 1.54) is 50.7 Å². The van der Waals surface area contributed by atoms with Gasteiger partial charge in [-0.15, -0.1) is 44.1 Å². The van der Waals surface area contributed by atoms with Crippen LogP contribution >= 0.6 is 11.8 Å². The SMILES string of the molecule is CC(=O)Sc1ccc(-c2c3nc(c(-c4c(C)cc(C)cc4C)c4ccc([n-]4)c(-c4ccc(C#Cc5ccc(-c6c7nc(c(-c8c(C)cc(C)cc8C)c8ccc([n-]8)c(-c8c(C)cc(C)cc8C)c8nc(c(-c9c(C)cc(C)cc9C)c9ccc6[n-]9)C=C8)C=C7)cc5)cc4)c4nc(c(-c5c(C)cc(C)cc5C)c5ccc2[n-]5)C=C4)C=C3)cc1.[Zn+2].[Zn+2]. The van der Waals surface area contributed by atoms with Crippen LogP contribution in [-0.4, -0.2) is 25.1 Å². The maximum atomic E-state index is 12.3. The summed E-state index contributed by atoms with van der Waals surface area (Å²) in [7, 11) is 0. The van der Waals surface area contributed by atoms with Crippen molar-refractivity contribution in [2.45, 2.75) is 116 Å². The number of carbonyl (C=O) groups excluding carboxylic acids is 1. The van der Waals surface area contributed by atoms with Crippen LogP contribution in [0.25, 0.3) is 182 Å². The molecule has 4 aliphatic heterocycles. The predicted octanol–water partition coefficient (Wildman–Crippen LogP) is 26.1. The Labute approximate surface area is 726 Å². The molecule has 0 N–H and O–H groups in total. The molecular weight excluding hydrogens is 1580 g/mol. The van der Waals surface area contributed by atoms with Gasteiger partial charge in [0.05, 0.1) is 45.6 Å². The Morgan fingerprint density at radius 3 is 0.613 bits per heavy atom. The summed E-state index contributed by atoms with van der Waals surface area (Å²) in [4.78, 5) is 58.5. The molecule has 0 radical (unpaired) electrons. The Hall–Kier alpha value is -12.2. The Morgan fingerprint density at radius 1 is 0.244 bits per heavy atom. The third-order valence-electron chi connectivity index (χ3n) is 23.0. The van der Waals surface area contributed by atoms with Gasteiger partial charge in [-0.3, -0.25) is 4.79 Å². The third kappa shape index (κ3) is 15.1. The summed E-state index contributed by atoms with van der Waals surface area (Å²) in [5.41, 5.74) is 47.8. The number of aromatic nitrogens is 8. The van der Waals surface area contributed by atoms with Crippen molar-refractivity contribution in [1.29, 1.82) is 0 Å². The van der Waals surface area contributed by atoms with E-state index in [0.29, 0.717) is 0 Å². The largest absolute Gasteiger partial charge is 2.00 e. The first-order chi connectivity index (χ1) is 56.4. The average Bonchev–Trinajstić information content (AvgIpc) is 1.61. The summed E-state index contributed by atoms with van der Waals surface area (Å²) in [5, 5.41) is 0.0290. The monoisotopic (exact) mass is 1660 g/mol. The standard InChI is InChI=1S/C107H86N8OS.2Zn/c1-57-47-62(6)95(63(7)48-57)103-85-37-31-79(108-85)100(80-32-38-86(109-80)104(96-64(8)49-58(2)50-65(96)9)88-42-36-84(113-88)102(83-35-41-87(103)112-83)77-27-29-78(30-28-77)117-72(16)116)75-23-19-73(20-24-75)17-18-74-21-25-76(26-22-74)101-81-33-39-89(110-81)105(97-66(10)51-59(3)52-67(97)11)91-43-45-93(114-91)107(99-70(14)55-61(5)56-71(99)15)94-46-44-92(115-94)106(90-40-34-82(101)111-90)98-68(12)53-60(4)54-69(98)13;;/h19-56H,1-16H3;;/q-4;2*+2. The molecule has 14 aromatic rings. The summed E-state index contributed by atoms with van der Waals surface area (Å²) in [6.07, 6.45) is 17.1. The molecule has 18 rings (SSSR count). The molecule has 0 amide bonds. The van der Waals surface area contributed by atoms with Gasteiger partial charge >= 0.3 is 39.0 Å². The number of nitrogens with zero attached hydrogens (tertiary/aromatic N) is 8. The van der Waals surface area contributed by atoms with E-state index < -0.39 is 0 Å². The molecule has 6 aromatic heterocycles. The third-order valence-corrected chi connectivity index (χ3v) is 23.8. The van der Waals surface area contributed by atoms with Gasteiger partial charge in [-0.25, -0.2) is 19.9 Å². The van der Waals surface area contributed by atoms with Gasteiger partial charge in [0.15, 0.2) is 5.12 Å². The fourth-order valence-corrected chi connectivity index (χ4v) is 19.3. The topological polar surface area (TPSA) is 125 Å². The van der Waals surface area contributed by atoms with Crippen LogP contribution in [-0.2, 0) is 43.8 Å². The van der Waals surface area contributed by atoms with Gasteiger partial charge in [0.25, 0.3) is 0 Å². The molecule has 12 heteroatoms. The summed E-state index contributed by atoms with van der Waals surface area (Å²) in [5.74, 6) is 7.10. The molecule has 570 valence electrons. The minimum Gasteiger partial charge on any atom is -0.657 e. The maximum absolute atomic E-state index is 12.3. The van der Waals surface area contributed by atoms with Crippen LogP contribution in [0.1, 0.15) is 147 Å². The first kappa shape index (κ1) is 80.6. The van der Waals surface area contributed by atoms with Crippen molar-refractivity contribution in [3.05, 3.63) is 322 Å². The van der Waals surface area contributed by atoms with Crippen LogP contribution in [0.15, 0.2) is 187 Å². The first-order valence-electron chi connectivity index (χ1n) is 40.0. The molecule has 10 heterocycles. The second-order valence-corrected chi connectivity index (χ2v) is 33.4. The zero-order valence-electron chi connectivity index (χ0n) is 70.2. The van der Waals surface area contributed by atoms with E-state index in [-0.39, 0.29) is 44.1 Å². The minimum absolute atomic E-state index is 0. The van der Waals surface area contributed by atoms with Crippen molar-refractivity contribution in [3.63, 3.8) is 0 Å². The molecule has 9 nitrogen and oxygen atoms in total. The second kappa shape index (κ2) is 32.2. The van der Waals surface area contributed by atoms with Crippen molar-refractivity contribution in [3.8, 4) is 101 Å². The summed E-state index contributed by atoms with van der Waals surface area (Å²) < 4.78 is 0. The van der Waals surface area contributed by atoms with E-state index in [4.69, 9.17) is 39.9 Å². The van der Waals surface area contributed by atoms with Gasteiger partial charge in [0.1, 0.15) is 0 Å².